The minimum Gasteiger partial charge on any atom is -0.480 e. The van der Waals surface area contributed by atoms with Crippen LogP contribution in [0.4, 0.5) is 5.95 Å². The van der Waals surface area contributed by atoms with Gasteiger partial charge >= 0.3 is 5.97 Å². The van der Waals surface area contributed by atoms with Crippen LogP contribution in [0.3, 0.4) is 0 Å². The van der Waals surface area contributed by atoms with Gasteiger partial charge in [-0.15, -0.1) is 0 Å². The van der Waals surface area contributed by atoms with E-state index in [4.69, 9.17) is 0 Å². The summed E-state index contributed by atoms with van der Waals surface area (Å²) in [4.78, 5) is 30.6. The summed E-state index contributed by atoms with van der Waals surface area (Å²) < 4.78 is 0. The first-order valence-electron chi connectivity index (χ1n) is 6.09. The average Bonchev–Trinajstić information content (AvgIpc) is 2.41. The van der Waals surface area contributed by atoms with Crippen molar-refractivity contribution < 1.29 is 14.7 Å². The molecule has 1 aromatic heterocycles. The van der Waals surface area contributed by atoms with Crippen molar-refractivity contribution in [2.45, 2.75) is 32.2 Å². The molecule has 3 N–H and O–H groups in total. The van der Waals surface area contributed by atoms with E-state index in [1.807, 2.05) is 0 Å². The molecule has 1 amide bonds. The Morgan fingerprint density at radius 2 is 1.84 bits per heavy atom. The van der Waals surface area contributed by atoms with Gasteiger partial charge in [-0.1, -0.05) is 13.8 Å². The van der Waals surface area contributed by atoms with Gasteiger partial charge in [0.15, 0.2) is 0 Å². The Bertz CT molecular complexity index is 432. The van der Waals surface area contributed by atoms with Crippen molar-refractivity contribution in [1.82, 2.24) is 15.3 Å². The van der Waals surface area contributed by atoms with Crippen molar-refractivity contribution in [2.75, 3.05) is 11.9 Å². The number of carboxylic acids is 1. The summed E-state index contributed by atoms with van der Waals surface area (Å²) in [7, 11) is 0. The van der Waals surface area contributed by atoms with Crippen LogP contribution in [0.2, 0.25) is 0 Å². The Labute approximate surface area is 111 Å². The molecular weight excluding hydrogens is 248 g/mol. The van der Waals surface area contributed by atoms with E-state index in [9.17, 15) is 14.7 Å². The number of rotatable bonds is 7. The lowest BCUT2D eigenvalue weighted by molar-refractivity contribution is -0.145. The molecule has 7 heteroatoms. The highest BCUT2D eigenvalue weighted by molar-refractivity contribution is 5.91. The molecule has 7 nitrogen and oxygen atoms in total. The Kier molecular flexibility index (Phi) is 5.37. The molecule has 0 aliphatic carbocycles. The Hall–Kier alpha value is -2.02. The summed E-state index contributed by atoms with van der Waals surface area (Å²) in [5, 5.41) is 14.5. The van der Waals surface area contributed by atoms with Crippen LogP contribution in [0, 0.1) is 0 Å². The fourth-order valence-electron chi connectivity index (χ4n) is 1.66. The van der Waals surface area contributed by atoms with Crippen LogP contribution in [0.1, 0.15) is 26.7 Å². The number of hydrogen-bond acceptors (Lipinski definition) is 5. The number of carboxylic acid groups (broad SMARTS) is 1. The quantitative estimate of drug-likeness (QED) is 0.669. The number of carbonyl (C=O) groups excluding carboxylic acids is 1. The third kappa shape index (κ3) is 3.99. The van der Waals surface area contributed by atoms with Crippen molar-refractivity contribution in [3.8, 4) is 0 Å². The number of nitrogens with one attached hydrogen (secondary N) is 2. The van der Waals surface area contributed by atoms with Gasteiger partial charge in [-0.05, 0) is 18.9 Å². The van der Waals surface area contributed by atoms with Crippen molar-refractivity contribution in [1.29, 1.82) is 0 Å². The van der Waals surface area contributed by atoms with Gasteiger partial charge in [0.25, 0.3) is 0 Å². The van der Waals surface area contributed by atoms with Crippen LogP contribution in [0.15, 0.2) is 18.5 Å². The molecule has 0 atom stereocenters. The van der Waals surface area contributed by atoms with Crippen molar-refractivity contribution in [2.24, 2.45) is 0 Å². The molecule has 0 aliphatic rings. The highest BCUT2D eigenvalue weighted by atomic mass is 16.4. The monoisotopic (exact) mass is 266 g/mol. The summed E-state index contributed by atoms with van der Waals surface area (Å²) >= 11 is 0. The van der Waals surface area contributed by atoms with Gasteiger partial charge in [0.1, 0.15) is 5.54 Å². The third-order valence-corrected chi connectivity index (χ3v) is 3.02. The van der Waals surface area contributed by atoms with E-state index in [2.05, 4.69) is 20.6 Å². The lowest BCUT2D eigenvalue weighted by Gasteiger charge is -2.27. The first-order chi connectivity index (χ1) is 9.04. The predicted molar refractivity (Wildman–Crippen MR) is 69.6 cm³/mol. The molecule has 1 rings (SSSR count). The minimum absolute atomic E-state index is 0.105. The number of carbonyl (C=O) groups is 2. The minimum atomic E-state index is -1.07. The molecule has 0 spiro atoms. The van der Waals surface area contributed by atoms with E-state index >= 15 is 0 Å². The number of aromatic nitrogens is 2. The van der Waals surface area contributed by atoms with Crippen LogP contribution in [-0.4, -0.2) is 39.0 Å². The molecule has 0 aliphatic heterocycles. The van der Waals surface area contributed by atoms with Crippen LogP contribution in [-0.2, 0) is 9.59 Å². The summed E-state index contributed by atoms with van der Waals surface area (Å²) in [6, 6.07) is 1.64. The maximum atomic E-state index is 11.7. The Morgan fingerprint density at radius 3 is 2.32 bits per heavy atom. The molecule has 0 saturated carbocycles. The van der Waals surface area contributed by atoms with Crippen molar-refractivity contribution in [3.05, 3.63) is 18.5 Å². The first kappa shape index (κ1) is 15.0. The molecule has 0 saturated heterocycles. The molecule has 0 fully saturated rings. The maximum absolute atomic E-state index is 11.7. The zero-order valence-corrected chi connectivity index (χ0v) is 11.0. The van der Waals surface area contributed by atoms with Crippen molar-refractivity contribution in [3.63, 3.8) is 0 Å². The van der Waals surface area contributed by atoms with Gasteiger partial charge in [0.2, 0.25) is 11.9 Å². The predicted octanol–water partition coefficient (Wildman–Crippen LogP) is 0.648. The van der Waals surface area contributed by atoms with Crippen LogP contribution < -0.4 is 10.6 Å². The van der Waals surface area contributed by atoms with Gasteiger partial charge < -0.3 is 5.11 Å². The molecule has 1 heterocycles. The number of amides is 1. The summed E-state index contributed by atoms with van der Waals surface area (Å²) in [5.41, 5.74) is -1.07. The summed E-state index contributed by atoms with van der Waals surface area (Å²) in [5.74, 6) is -1.14. The first-order valence-corrected chi connectivity index (χ1v) is 6.09. The molecular formula is C12H18N4O3. The lowest BCUT2D eigenvalue weighted by atomic mass is 9.93. The van der Waals surface area contributed by atoms with Crippen LogP contribution in [0.25, 0.3) is 0 Å². The van der Waals surface area contributed by atoms with Gasteiger partial charge in [-0.2, -0.15) is 0 Å². The van der Waals surface area contributed by atoms with E-state index in [0.29, 0.717) is 12.8 Å². The standard InChI is InChI=1S/C12H18N4O3/c1-3-12(4-2,10(18)19)15-8-9(17)16-11-13-6-5-7-14-11/h5-7,15H,3-4,8H2,1-2H3,(H,18,19)(H,13,14,16,17). The molecule has 1 aromatic rings. The second-order valence-electron chi connectivity index (χ2n) is 4.07. The zero-order chi connectivity index (χ0) is 14.3. The summed E-state index contributed by atoms with van der Waals surface area (Å²) in [6.45, 7) is 3.43. The van der Waals surface area contributed by atoms with Crippen LogP contribution >= 0.6 is 0 Å². The van der Waals surface area contributed by atoms with E-state index in [1.54, 1.807) is 19.9 Å². The Morgan fingerprint density at radius 1 is 1.26 bits per heavy atom. The van der Waals surface area contributed by atoms with E-state index in [0.717, 1.165) is 0 Å². The zero-order valence-electron chi connectivity index (χ0n) is 11.0. The molecule has 0 aromatic carbocycles. The second-order valence-corrected chi connectivity index (χ2v) is 4.07. The fraction of sp³-hybridized carbons (Fsp3) is 0.500. The molecule has 104 valence electrons. The van der Waals surface area contributed by atoms with Gasteiger partial charge in [0, 0.05) is 12.4 Å². The normalized spacial score (nSPS) is 11.1. The van der Waals surface area contributed by atoms with Crippen molar-refractivity contribution >= 4 is 17.8 Å². The topological polar surface area (TPSA) is 104 Å². The smallest absolute Gasteiger partial charge is 0.323 e. The SMILES string of the molecule is CCC(CC)(NCC(=O)Nc1ncccn1)C(=O)O. The molecule has 0 radical (unpaired) electrons. The number of aliphatic carboxylic acids is 1. The fourth-order valence-corrected chi connectivity index (χ4v) is 1.66. The number of nitrogens with zero attached hydrogens (tertiary/aromatic N) is 2. The number of anilines is 1. The highest BCUT2D eigenvalue weighted by Gasteiger charge is 2.34. The second kappa shape index (κ2) is 6.79. The van der Waals surface area contributed by atoms with Gasteiger partial charge in [-0.25, -0.2) is 9.97 Å². The molecule has 0 unspecified atom stereocenters. The number of hydrogen-bond donors (Lipinski definition) is 3. The van der Waals surface area contributed by atoms with Gasteiger partial charge in [0.05, 0.1) is 6.54 Å². The molecule has 0 bridgehead atoms. The van der Waals surface area contributed by atoms with Gasteiger partial charge in [-0.3, -0.25) is 20.2 Å². The van der Waals surface area contributed by atoms with E-state index in [1.165, 1.54) is 12.4 Å². The summed E-state index contributed by atoms with van der Waals surface area (Å²) in [6.07, 6.45) is 3.81. The average molecular weight is 266 g/mol. The van der Waals surface area contributed by atoms with E-state index < -0.39 is 11.5 Å². The third-order valence-electron chi connectivity index (χ3n) is 3.02. The Balaban J connectivity index is 2.56. The van der Waals surface area contributed by atoms with E-state index in [-0.39, 0.29) is 18.4 Å². The lowest BCUT2D eigenvalue weighted by Crippen LogP contribution is -2.53. The largest absolute Gasteiger partial charge is 0.480 e. The molecule has 19 heavy (non-hydrogen) atoms. The maximum Gasteiger partial charge on any atom is 0.323 e. The van der Waals surface area contributed by atoms with Crippen LogP contribution in [0.5, 0.6) is 0 Å². The highest BCUT2D eigenvalue weighted by Crippen LogP contribution is 2.14.